The fourth-order valence-electron chi connectivity index (χ4n) is 9.38. The Morgan fingerprint density at radius 3 is 1.10 bits per heavy atom. The Morgan fingerprint density at radius 1 is 0.451 bits per heavy atom. The van der Waals surface area contributed by atoms with Crippen molar-refractivity contribution in [3.63, 3.8) is 0 Å². The van der Waals surface area contributed by atoms with E-state index in [1.807, 2.05) is 0 Å². The van der Waals surface area contributed by atoms with Gasteiger partial charge in [-0.25, -0.2) is 19.2 Å². The zero-order valence-electron chi connectivity index (χ0n) is 49.0. The topological polar surface area (TPSA) is 204 Å². The van der Waals surface area contributed by atoms with E-state index in [1.54, 1.807) is 85.7 Å². The molecule has 2 heterocycles. The highest BCUT2D eigenvalue weighted by Crippen LogP contribution is 2.36. The van der Waals surface area contributed by atoms with Crippen molar-refractivity contribution < 1.29 is 83.6 Å². The number of nitrogens with zero attached hydrogens (tertiary/aromatic N) is 6. The summed E-state index contributed by atoms with van der Waals surface area (Å²) in [6.45, 7) is 15.9. The smallest absolute Gasteiger partial charge is 0.435 e. The molecule has 0 bridgehead atoms. The second-order valence-electron chi connectivity index (χ2n) is 22.7. The Bertz CT molecular complexity index is 2680. The molecule has 4 rings (SSSR count). The normalized spacial score (nSPS) is 23.4. The number of hydrogen-bond donors (Lipinski definition) is 0. The van der Waals surface area contributed by atoms with Crippen molar-refractivity contribution in [3.8, 4) is 0 Å². The van der Waals surface area contributed by atoms with Gasteiger partial charge in [-0.15, -0.1) is 0 Å². The summed E-state index contributed by atoms with van der Waals surface area (Å²) in [7, 11) is 5.14. The first-order chi connectivity index (χ1) is 38.0. The molecule has 0 aliphatic carbocycles. The molecule has 4 amide bonds. The average Bonchev–Trinajstić information content (AvgIpc) is 4.06. The maximum atomic E-state index is 14.9. The lowest BCUT2D eigenvalue weighted by Crippen LogP contribution is -2.55. The van der Waals surface area contributed by atoms with Crippen LogP contribution in [-0.4, -0.2) is 154 Å². The van der Waals surface area contributed by atoms with Gasteiger partial charge in [0.05, 0.1) is 6.54 Å². The summed E-state index contributed by atoms with van der Waals surface area (Å²) in [5, 5.41) is 3.16. The Hall–Kier alpha value is -7.01. The molecular weight excluding hydrogens is 1090 g/mol. The summed E-state index contributed by atoms with van der Waals surface area (Å²) in [5.41, 5.74) is -2.53. The second-order valence-corrected chi connectivity index (χ2v) is 22.7. The average molecular weight is 1170 g/mol. The van der Waals surface area contributed by atoms with E-state index >= 15 is 0 Å². The van der Waals surface area contributed by atoms with Crippen LogP contribution in [-0.2, 0) is 89.0 Å². The predicted octanol–water partition coefficient (Wildman–Crippen LogP) is 7.95. The lowest BCUT2D eigenvalue weighted by atomic mass is 9.99. The van der Waals surface area contributed by atoms with E-state index in [1.165, 1.54) is 66.3 Å². The molecule has 1 saturated heterocycles. The summed E-state index contributed by atoms with van der Waals surface area (Å²) in [6.07, 6.45) is -17.6. The highest BCUT2D eigenvalue weighted by Gasteiger charge is 2.45. The number of carbonyl (C=O) groups is 8. The van der Waals surface area contributed by atoms with Gasteiger partial charge in [0.15, 0.2) is 30.1 Å². The molecule has 2 aromatic carbocycles. The molecule has 0 spiro atoms. The van der Waals surface area contributed by atoms with E-state index in [2.05, 4.69) is 5.10 Å². The highest BCUT2D eigenvalue weighted by atomic mass is 19.4. The van der Waals surface area contributed by atoms with Crippen molar-refractivity contribution in [1.29, 1.82) is 0 Å². The van der Waals surface area contributed by atoms with E-state index in [-0.39, 0.29) is 77.7 Å². The number of rotatable bonds is 14. The number of aromatic nitrogens is 2. The maximum Gasteiger partial charge on any atom is 0.435 e. The van der Waals surface area contributed by atoms with Crippen LogP contribution in [0.1, 0.15) is 123 Å². The number of amides is 4. The molecule has 18 nitrogen and oxygen atoms in total. The number of hydrogen-bond acceptors (Lipinski definition) is 13. The zero-order valence-corrected chi connectivity index (χ0v) is 49.0. The minimum atomic E-state index is -5.20. The second kappa shape index (κ2) is 28.8. The molecule has 1 aliphatic heterocycles. The van der Waals surface area contributed by atoms with Crippen molar-refractivity contribution in [1.82, 2.24) is 29.4 Å². The summed E-state index contributed by atoms with van der Waals surface area (Å²) in [5.74, 6) is -8.77. The van der Waals surface area contributed by atoms with Crippen molar-refractivity contribution in [2.75, 3.05) is 28.2 Å². The van der Waals surface area contributed by atoms with Crippen LogP contribution in [0.2, 0.25) is 0 Å². The number of ether oxygens (including phenoxy) is 4. The molecular formula is C58H78F6N6O12. The Balaban J connectivity index is 1.87. The molecule has 82 heavy (non-hydrogen) atoms. The number of alkyl halides is 6. The van der Waals surface area contributed by atoms with E-state index in [0.717, 1.165) is 19.6 Å². The molecule has 8 atom stereocenters. The third-order valence-electron chi connectivity index (χ3n) is 13.9. The van der Waals surface area contributed by atoms with E-state index in [9.17, 15) is 64.7 Å². The fourth-order valence-corrected chi connectivity index (χ4v) is 9.38. The first-order valence-corrected chi connectivity index (χ1v) is 27.2. The number of benzene rings is 2. The standard InChI is InChI=1S/C58H78F6N6O12/c1-32(2)24-41-53(75)79-37(10)50(72)67(12)44(27-35(7)8)56(78)82-46(29-39-20-22-40(23-21-39)31-70-48(58(62,63)64)30-47(65-70)57(59,60)61)52(74)69(14)42(25-33(3)4)54(76)80-36(9)49(71)66(11)43(26-34(5)6)55(77)81-45(51(73)68(41)13)28-38-18-16-15-17-19-38/h15-23,30,32-37,41-46H,24-29,31H2,1-14H3/t36-,37-,41+,42+,43+,44+,45-,46-/m1/s1. The maximum absolute atomic E-state index is 14.9. The van der Waals surface area contributed by atoms with Crippen LogP contribution in [0.3, 0.4) is 0 Å². The zero-order chi connectivity index (χ0) is 61.9. The van der Waals surface area contributed by atoms with Gasteiger partial charge < -0.3 is 38.5 Å². The van der Waals surface area contributed by atoms with Crippen LogP contribution >= 0.6 is 0 Å². The number of halogens is 6. The van der Waals surface area contributed by atoms with Gasteiger partial charge in [-0.05, 0) is 79.9 Å². The largest absolute Gasteiger partial charge is 0.451 e. The van der Waals surface area contributed by atoms with Crippen LogP contribution in [0.5, 0.6) is 0 Å². The Morgan fingerprint density at radius 2 is 0.768 bits per heavy atom. The Kier molecular flexibility index (Phi) is 23.7. The molecule has 0 saturated carbocycles. The lowest BCUT2D eigenvalue weighted by Gasteiger charge is -2.35. The van der Waals surface area contributed by atoms with Gasteiger partial charge in [0, 0.05) is 47.1 Å². The van der Waals surface area contributed by atoms with Crippen molar-refractivity contribution in [2.45, 2.75) is 175 Å². The third kappa shape index (κ3) is 18.5. The van der Waals surface area contributed by atoms with Gasteiger partial charge in [-0.3, -0.25) is 23.9 Å². The van der Waals surface area contributed by atoms with Gasteiger partial charge in [0.2, 0.25) is 0 Å². The molecule has 0 radical (unpaired) electrons. The number of likely N-dealkylation sites (N-methyl/N-ethyl adjacent to an activating group) is 4. The van der Waals surface area contributed by atoms with E-state index < -0.39 is 133 Å². The Labute approximate surface area is 475 Å². The third-order valence-corrected chi connectivity index (χ3v) is 13.9. The van der Waals surface area contributed by atoms with Gasteiger partial charge in [0.1, 0.15) is 29.9 Å². The van der Waals surface area contributed by atoms with Crippen molar-refractivity contribution in [2.24, 2.45) is 23.7 Å². The highest BCUT2D eigenvalue weighted by molar-refractivity contribution is 5.94. The summed E-state index contributed by atoms with van der Waals surface area (Å²) >= 11 is 0. The van der Waals surface area contributed by atoms with Crippen LogP contribution in [0.25, 0.3) is 0 Å². The predicted molar refractivity (Wildman–Crippen MR) is 287 cm³/mol. The van der Waals surface area contributed by atoms with Crippen LogP contribution < -0.4 is 0 Å². The van der Waals surface area contributed by atoms with Crippen LogP contribution in [0.15, 0.2) is 60.7 Å². The molecule has 1 aromatic heterocycles. The molecule has 3 aromatic rings. The van der Waals surface area contributed by atoms with Gasteiger partial charge in [0.25, 0.3) is 23.6 Å². The van der Waals surface area contributed by atoms with Crippen molar-refractivity contribution in [3.05, 3.63) is 88.7 Å². The molecule has 454 valence electrons. The van der Waals surface area contributed by atoms with Crippen molar-refractivity contribution >= 4 is 47.5 Å². The first kappa shape index (κ1) is 67.5. The summed E-state index contributed by atoms with van der Waals surface area (Å²) < 4.78 is 106. The van der Waals surface area contributed by atoms with E-state index in [0.29, 0.717) is 5.56 Å². The van der Waals surface area contributed by atoms with Crippen LogP contribution in [0.4, 0.5) is 26.3 Å². The number of esters is 4. The molecule has 0 unspecified atom stereocenters. The van der Waals surface area contributed by atoms with E-state index in [4.69, 9.17) is 18.9 Å². The first-order valence-electron chi connectivity index (χ1n) is 27.2. The minimum absolute atomic E-state index is 0.0205. The molecule has 24 heteroatoms. The summed E-state index contributed by atoms with van der Waals surface area (Å²) in [4.78, 5) is 120. The number of cyclic esters (lactones) is 4. The quantitative estimate of drug-likeness (QED) is 0.0855. The summed E-state index contributed by atoms with van der Waals surface area (Å²) in [6, 6.07) is 8.16. The van der Waals surface area contributed by atoms with Gasteiger partial charge in [-0.2, -0.15) is 31.4 Å². The number of carbonyl (C=O) groups excluding carboxylic acids is 8. The fraction of sp³-hybridized carbons (Fsp3) is 0.603. The minimum Gasteiger partial charge on any atom is -0.451 e. The molecule has 1 aliphatic rings. The van der Waals surface area contributed by atoms with Crippen LogP contribution in [0, 0.1) is 23.7 Å². The lowest BCUT2D eigenvalue weighted by molar-refractivity contribution is -0.176. The van der Waals surface area contributed by atoms with Gasteiger partial charge >= 0.3 is 36.2 Å². The van der Waals surface area contributed by atoms with Gasteiger partial charge in [-0.1, -0.05) is 110 Å². The molecule has 1 fully saturated rings. The molecule has 0 N–H and O–H groups in total. The SMILES string of the molecule is CC(C)C[C@H]1C(=O)O[C@H](Cc2ccc(Cn3nc(C(F)(F)F)cc3C(F)(F)F)cc2)C(=O)N(C)[C@@H](CC(C)C)C(=O)O[C@H](C)C(=O)N(C)[C@@H](CC(C)C)C(=O)O[C@H](Cc2ccccc2)C(=O)N(C)[C@@H](CC(C)C)C(=O)O[C@H](C)C(=O)N1C. The monoisotopic (exact) mass is 1160 g/mol.